The molecule has 0 unspecified atom stereocenters. The minimum Gasteiger partial charge on any atom is -0.399 e. The van der Waals surface area contributed by atoms with Crippen LogP contribution in [0.2, 0.25) is 0 Å². The summed E-state index contributed by atoms with van der Waals surface area (Å²) in [5.41, 5.74) is 8.85. The third-order valence-corrected chi connectivity index (χ3v) is 3.40. The fourth-order valence-electron chi connectivity index (χ4n) is 2.31. The lowest BCUT2D eigenvalue weighted by Gasteiger charge is -2.08. The van der Waals surface area contributed by atoms with E-state index in [9.17, 15) is 0 Å². The summed E-state index contributed by atoms with van der Waals surface area (Å²) in [6, 6.07) is 12.5. The molecule has 0 spiro atoms. The molecule has 18 heavy (non-hydrogen) atoms. The number of hydrogen-bond acceptors (Lipinski definition) is 2. The summed E-state index contributed by atoms with van der Waals surface area (Å²) in [6.45, 7) is 4.41. The van der Waals surface area contributed by atoms with Crippen LogP contribution in [-0.4, -0.2) is 4.98 Å². The standard InChI is InChI=1S/C16H16N2/c1-10(2)11-3-5-14-12(7-11)9-18-16-8-13(17)4-6-15(14)16/h3-10H,17H2,1-2H3. The van der Waals surface area contributed by atoms with Gasteiger partial charge in [0, 0.05) is 22.7 Å². The van der Waals surface area contributed by atoms with Gasteiger partial charge in [0.1, 0.15) is 0 Å². The van der Waals surface area contributed by atoms with Crippen molar-refractivity contribution in [2.75, 3.05) is 5.73 Å². The topological polar surface area (TPSA) is 38.9 Å². The largest absolute Gasteiger partial charge is 0.399 e. The molecular weight excluding hydrogens is 220 g/mol. The number of hydrogen-bond donors (Lipinski definition) is 1. The Kier molecular flexibility index (Phi) is 2.44. The van der Waals surface area contributed by atoms with E-state index in [-0.39, 0.29) is 0 Å². The van der Waals surface area contributed by atoms with Crippen LogP contribution in [0.3, 0.4) is 0 Å². The van der Waals surface area contributed by atoms with Crippen LogP contribution in [0.4, 0.5) is 5.69 Å². The van der Waals surface area contributed by atoms with Crippen LogP contribution in [-0.2, 0) is 0 Å². The Hall–Kier alpha value is -2.09. The minimum atomic E-state index is 0.538. The first kappa shape index (κ1) is 11.0. The molecule has 0 atom stereocenters. The van der Waals surface area contributed by atoms with Crippen LogP contribution in [0, 0.1) is 0 Å². The highest BCUT2D eigenvalue weighted by atomic mass is 14.7. The van der Waals surface area contributed by atoms with Crippen molar-refractivity contribution in [3.05, 3.63) is 48.2 Å². The van der Waals surface area contributed by atoms with Gasteiger partial charge in [-0.1, -0.05) is 32.0 Å². The molecule has 0 aliphatic rings. The van der Waals surface area contributed by atoms with Crippen LogP contribution in [0.25, 0.3) is 21.7 Å². The molecule has 0 aliphatic heterocycles. The summed E-state index contributed by atoms with van der Waals surface area (Å²) in [6.07, 6.45) is 1.93. The zero-order chi connectivity index (χ0) is 12.7. The highest BCUT2D eigenvalue weighted by molar-refractivity contribution is 6.06. The summed E-state index contributed by atoms with van der Waals surface area (Å²) in [5.74, 6) is 0.538. The van der Waals surface area contributed by atoms with Gasteiger partial charge in [-0.25, -0.2) is 0 Å². The van der Waals surface area contributed by atoms with E-state index in [1.54, 1.807) is 0 Å². The molecule has 3 rings (SSSR count). The third kappa shape index (κ3) is 1.70. The van der Waals surface area contributed by atoms with Gasteiger partial charge in [0.25, 0.3) is 0 Å². The first-order chi connectivity index (χ1) is 8.65. The maximum Gasteiger partial charge on any atom is 0.0728 e. The molecule has 0 saturated heterocycles. The molecule has 0 saturated carbocycles. The van der Waals surface area contributed by atoms with Gasteiger partial charge in [-0.3, -0.25) is 4.98 Å². The van der Waals surface area contributed by atoms with Gasteiger partial charge in [0.15, 0.2) is 0 Å². The fraction of sp³-hybridized carbons (Fsp3) is 0.188. The summed E-state index contributed by atoms with van der Waals surface area (Å²) < 4.78 is 0. The van der Waals surface area contributed by atoms with E-state index in [1.165, 1.54) is 16.3 Å². The Morgan fingerprint density at radius 3 is 2.56 bits per heavy atom. The molecule has 2 N–H and O–H groups in total. The monoisotopic (exact) mass is 236 g/mol. The van der Waals surface area contributed by atoms with Crippen LogP contribution < -0.4 is 5.73 Å². The molecule has 3 aromatic rings. The number of nitrogen functional groups attached to an aromatic ring is 1. The van der Waals surface area contributed by atoms with Crippen LogP contribution in [0.1, 0.15) is 25.3 Å². The van der Waals surface area contributed by atoms with Gasteiger partial charge in [0.2, 0.25) is 0 Å². The smallest absolute Gasteiger partial charge is 0.0728 e. The van der Waals surface area contributed by atoms with Crippen LogP contribution in [0.15, 0.2) is 42.6 Å². The van der Waals surface area contributed by atoms with Crippen molar-refractivity contribution in [1.29, 1.82) is 0 Å². The Morgan fingerprint density at radius 2 is 1.78 bits per heavy atom. The molecule has 0 radical (unpaired) electrons. The van der Waals surface area contributed by atoms with E-state index in [2.05, 4.69) is 43.1 Å². The van der Waals surface area contributed by atoms with Gasteiger partial charge in [-0.05, 0) is 35.1 Å². The number of aromatic nitrogens is 1. The van der Waals surface area contributed by atoms with Gasteiger partial charge in [0.05, 0.1) is 5.52 Å². The van der Waals surface area contributed by atoms with Crippen molar-refractivity contribution in [2.24, 2.45) is 0 Å². The summed E-state index contributed by atoms with van der Waals surface area (Å²) >= 11 is 0. The molecule has 1 heterocycles. The average molecular weight is 236 g/mol. The van der Waals surface area contributed by atoms with Crippen molar-refractivity contribution in [3.63, 3.8) is 0 Å². The number of fused-ring (bicyclic) bond motifs is 3. The lowest BCUT2D eigenvalue weighted by Crippen LogP contribution is -1.90. The van der Waals surface area contributed by atoms with Gasteiger partial charge in [-0.15, -0.1) is 0 Å². The second kappa shape index (κ2) is 3.98. The lowest BCUT2D eigenvalue weighted by molar-refractivity contribution is 0.869. The molecular formula is C16H16N2. The maximum atomic E-state index is 5.79. The summed E-state index contributed by atoms with van der Waals surface area (Å²) in [7, 11) is 0. The van der Waals surface area contributed by atoms with Crippen molar-refractivity contribution < 1.29 is 0 Å². The Labute approximate surface area is 106 Å². The van der Waals surface area contributed by atoms with Crippen molar-refractivity contribution in [2.45, 2.75) is 19.8 Å². The predicted molar refractivity (Wildman–Crippen MR) is 77.8 cm³/mol. The Bertz CT molecular complexity index is 730. The molecule has 2 heteroatoms. The van der Waals surface area contributed by atoms with Crippen molar-refractivity contribution >= 4 is 27.4 Å². The molecule has 0 aliphatic carbocycles. The van der Waals surface area contributed by atoms with E-state index >= 15 is 0 Å². The first-order valence-corrected chi connectivity index (χ1v) is 6.23. The molecule has 0 amide bonds. The zero-order valence-electron chi connectivity index (χ0n) is 10.6. The number of pyridine rings is 1. The quantitative estimate of drug-likeness (QED) is 0.510. The number of benzene rings is 2. The molecule has 90 valence electrons. The maximum absolute atomic E-state index is 5.79. The Balaban J connectivity index is 2.35. The molecule has 0 fully saturated rings. The van der Waals surface area contributed by atoms with E-state index < -0.39 is 0 Å². The molecule has 0 bridgehead atoms. The fourth-order valence-corrected chi connectivity index (χ4v) is 2.31. The predicted octanol–water partition coefficient (Wildman–Crippen LogP) is 4.09. The van der Waals surface area contributed by atoms with E-state index in [1.807, 2.05) is 18.3 Å². The summed E-state index contributed by atoms with van der Waals surface area (Å²) in [4.78, 5) is 4.49. The third-order valence-electron chi connectivity index (χ3n) is 3.40. The molecule has 2 nitrogen and oxygen atoms in total. The number of nitrogens with zero attached hydrogens (tertiary/aromatic N) is 1. The van der Waals surface area contributed by atoms with Crippen molar-refractivity contribution in [3.8, 4) is 0 Å². The van der Waals surface area contributed by atoms with Crippen LogP contribution in [0.5, 0.6) is 0 Å². The van der Waals surface area contributed by atoms with E-state index in [0.717, 1.165) is 16.6 Å². The van der Waals surface area contributed by atoms with Crippen molar-refractivity contribution in [1.82, 2.24) is 4.98 Å². The highest BCUT2D eigenvalue weighted by Crippen LogP contribution is 2.27. The molecule has 2 aromatic carbocycles. The molecule has 1 aromatic heterocycles. The zero-order valence-corrected chi connectivity index (χ0v) is 10.6. The van der Waals surface area contributed by atoms with E-state index in [0.29, 0.717) is 5.92 Å². The lowest BCUT2D eigenvalue weighted by atomic mass is 9.98. The minimum absolute atomic E-state index is 0.538. The second-order valence-corrected chi connectivity index (χ2v) is 5.04. The number of anilines is 1. The van der Waals surface area contributed by atoms with Gasteiger partial charge < -0.3 is 5.73 Å². The SMILES string of the molecule is CC(C)c1ccc2c(cnc3cc(N)ccc32)c1. The average Bonchev–Trinajstić information content (AvgIpc) is 2.37. The normalized spacial score (nSPS) is 11.5. The van der Waals surface area contributed by atoms with Crippen LogP contribution >= 0.6 is 0 Å². The Morgan fingerprint density at radius 1 is 1.00 bits per heavy atom. The highest BCUT2D eigenvalue weighted by Gasteiger charge is 2.05. The summed E-state index contributed by atoms with van der Waals surface area (Å²) in [5, 5.41) is 3.60. The van der Waals surface area contributed by atoms with Gasteiger partial charge >= 0.3 is 0 Å². The van der Waals surface area contributed by atoms with E-state index in [4.69, 9.17) is 5.73 Å². The number of nitrogens with two attached hydrogens (primary N) is 1. The first-order valence-electron chi connectivity index (χ1n) is 6.23. The van der Waals surface area contributed by atoms with Gasteiger partial charge in [-0.2, -0.15) is 0 Å². The number of rotatable bonds is 1. The second-order valence-electron chi connectivity index (χ2n) is 5.04.